The van der Waals surface area contributed by atoms with Gasteiger partial charge in [-0.1, -0.05) is 0 Å². The lowest BCUT2D eigenvalue weighted by Gasteiger charge is -2.32. The highest BCUT2D eigenvalue weighted by Gasteiger charge is 2.21. The Hall–Kier alpha value is -2.34. The third-order valence-electron chi connectivity index (χ3n) is 4.83. The van der Waals surface area contributed by atoms with Crippen LogP contribution in [-0.4, -0.2) is 33.9 Å². The first-order valence-corrected chi connectivity index (χ1v) is 9.14. The number of nitrogens with one attached hydrogen (secondary N) is 1. The third-order valence-corrected chi connectivity index (χ3v) is 4.83. The molecule has 1 saturated heterocycles. The first-order valence-electron chi connectivity index (χ1n) is 9.14. The summed E-state index contributed by atoms with van der Waals surface area (Å²) in [6.45, 7) is 4.58. The fourth-order valence-electron chi connectivity index (χ4n) is 3.46. The van der Waals surface area contributed by atoms with Crippen molar-refractivity contribution in [1.29, 1.82) is 0 Å². The molecule has 138 valence electrons. The second-order valence-electron chi connectivity index (χ2n) is 6.95. The number of halogens is 1. The zero-order chi connectivity index (χ0) is 18.4. The lowest BCUT2D eigenvalue weighted by Crippen LogP contribution is -2.35. The molecule has 1 aliphatic heterocycles. The van der Waals surface area contributed by atoms with Crippen LogP contribution in [0.3, 0.4) is 0 Å². The molecule has 1 N–H and O–H groups in total. The molecule has 0 spiro atoms. The number of piperidine rings is 1. The Balaban J connectivity index is 1.45. The van der Waals surface area contributed by atoms with Gasteiger partial charge in [0.1, 0.15) is 11.6 Å². The molecule has 6 heteroatoms. The molecule has 0 aliphatic carbocycles. The van der Waals surface area contributed by atoms with Gasteiger partial charge in [-0.3, -0.25) is 9.69 Å². The number of hydrogen-bond donors (Lipinski definition) is 1. The fourth-order valence-corrected chi connectivity index (χ4v) is 3.46. The molecule has 2 aromatic rings. The van der Waals surface area contributed by atoms with Gasteiger partial charge in [0, 0.05) is 31.0 Å². The van der Waals surface area contributed by atoms with Crippen LogP contribution < -0.4 is 5.32 Å². The number of carbonyl (C=O) groups is 1. The van der Waals surface area contributed by atoms with E-state index < -0.39 is 0 Å². The summed E-state index contributed by atoms with van der Waals surface area (Å²) in [6, 6.07) is 6.24. The summed E-state index contributed by atoms with van der Waals surface area (Å²) < 4.78 is 13.1. The van der Waals surface area contributed by atoms with Crippen LogP contribution in [0.2, 0.25) is 0 Å². The van der Waals surface area contributed by atoms with Crippen molar-refractivity contribution in [3.05, 3.63) is 53.9 Å². The normalized spacial score (nSPS) is 17.8. The number of aromatic nitrogens is 2. The summed E-state index contributed by atoms with van der Waals surface area (Å²) >= 11 is 0. The van der Waals surface area contributed by atoms with E-state index in [-0.39, 0.29) is 11.7 Å². The maximum atomic E-state index is 13.1. The highest BCUT2D eigenvalue weighted by molar-refractivity contribution is 5.91. The highest BCUT2D eigenvalue weighted by Crippen LogP contribution is 2.23. The minimum Gasteiger partial charge on any atom is -0.326 e. The van der Waals surface area contributed by atoms with Gasteiger partial charge in [-0.25, -0.2) is 14.4 Å². The standard InChI is InChI=1S/C20H25FN4O/c1-15-12-17(21)6-7-18(15)24-20(26)8-5-16-4-2-11-25(13-16)14-19-22-9-3-10-23-19/h3,6-7,9-10,12,16H,2,4-5,8,11,13-14H2,1H3,(H,24,26)/t16-/m0/s1. The van der Waals surface area contributed by atoms with Crippen LogP contribution in [0.4, 0.5) is 10.1 Å². The van der Waals surface area contributed by atoms with Gasteiger partial charge in [0.25, 0.3) is 0 Å². The highest BCUT2D eigenvalue weighted by atomic mass is 19.1. The molecule has 0 unspecified atom stereocenters. The Morgan fingerprint density at radius 3 is 2.92 bits per heavy atom. The first-order chi connectivity index (χ1) is 12.6. The van der Waals surface area contributed by atoms with Gasteiger partial charge < -0.3 is 5.32 Å². The molecular weight excluding hydrogens is 331 g/mol. The van der Waals surface area contributed by atoms with Gasteiger partial charge in [-0.15, -0.1) is 0 Å². The van der Waals surface area contributed by atoms with Crippen LogP contribution in [0.25, 0.3) is 0 Å². The SMILES string of the molecule is Cc1cc(F)ccc1NC(=O)CC[C@@H]1CCCN(Cc2ncccn2)C1. The molecule has 2 heterocycles. The molecule has 5 nitrogen and oxygen atoms in total. The topological polar surface area (TPSA) is 58.1 Å². The molecule has 1 aliphatic rings. The molecule has 26 heavy (non-hydrogen) atoms. The van der Waals surface area contributed by atoms with Crippen molar-refractivity contribution in [1.82, 2.24) is 14.9 Å². The average molecular weight is 356 g/mol. The van der Waals surface area contributed by atoms with Crippen molar-refractivity contribution in [3.8, 4) is 0 Å². The van der Waals surface area contributed by atoms with E-state index in [4.69, 9.17) is 0 Å². The Kier molecular flexibility index (Phi) is 6.28. The summed E-state index contributed by atoms with van der Waals surface area (Å²) in [7, 11) is 0. The van der Waals surface area contributed by atoms with Gasteiger partial charge in [0.05, 0.1) is 6.54 Å². The van der Waals surface area contributed by atoms with Crippen LogP contribution in [0, 0.1) is 18.7 Å². The summed E-state index contributed by atoms with van der Waals surface area (Å²) in [4.78, 5) is 23.2. The van der Waals surface area contributed by atoms with Crippen molar-refractivity contribution in [2.45, 2.75) is 39.2 Å². The summed E-state index contributed by atoms with van der Waals surface area (Å²) in [6.07, 6.45) is 7.16. The van der Waals surface area contributed by atoms with E-state index in [2.05, 4.69) is 20.2 Å². The first kappa shape index (κ1) is 18.5. The maximum Gasteiger partial charge on any atom is 0.224 e. The van der Waals surface area contributed by atoms with Crippen molar-refractivity contribution in [2.75, 3.05) is 18.4 Å². The van der Waals surface area contributed by atoms with E-state index in [0.29, 0.717) is 18.0 Å². The molecular formula is C20H25FN4O. The summed E-state index contributed by atoms with van der Waals surface area (Å²) in [5.41, 5.74) is 1.42. The van der Waals surface area contributed by atoms with E-state index in [9.17, 15) is 9.18 Å². The van der Waals surface area contributed by atoms with Crippen LogP contribution >= 0.6 is 0 Å². The van der Waals surface area contributed by atoms with Crippen molar-refractivity contribution in [3.63, 3.8) is 0 Å². The van der Waals surface area contributed by atoms with E-state index in [1.807, 2.05) is 6.07 Å². The second kappa shape index (κ2) is 8.85. The predicted octanol–water partition coefficient (Wildman–Crippen LogP) is 3.56. The minimum absolute atomic E-state index is 0.0109. The van der Waals surface area contributed by atoms with Crippen LogP contribution in [0.15, 0.2) is 36.7 Å². The number of benzene rings is 1. The second-order valence-corrected chi connectivity index (χ2v) is 6.95. The quantitative estimate of drug-likeness (QED) is 0.860. The minimum atomic E-state index is -0.287. The monoisotopic (exact) mass is 356 g/mol. The fraction of sp³-hybridized carbons (Fsp3) is 0.450. The smallest absolute Gasteiger partial charge is 0.224 e. The number of hydrogen-bond acceptors (Lipinski definition) is 4. The van der Waals surface area contributed by atoms with E-state index in [1.165, 1.54) is 12.1 Å². The van der Waals surface area contributed by atoms with E-state index >= 15 is 0 Å². The maximum absolute atomic E-state index is 13.1. The molecule has 0 radical (unpaired) electrons. The van der Waals surface area contributed by atoms with E-state index in [1.54, 1.807) is 25.4 Å². The number of rotatable bonds is 6. The predicted molar refractivity (Wildman–Crippen MR) is 99.0 cm³/mol. The average Bonchev–Trinajstić information content (AvgIpc) is 2.64. The third kappa shape index (κ3) is 5.33. The number of aryl methyl sites for hydroxylation is 1. The molecule has 1 amide bonds. The Morgan fingerprint density at radius 1 is 1.35 bits per heavy atom. The molecule has 1 aromatic carbocycles. The Bertz CT molecular complexity index is 738. The lowest BCUT2D eigenvalue weighted by atomic mass is 9.93. The Labute approximate surface area is 153 Å². The van der Waals surface area contributed by atoms with Gasteiger partial charge in [0.15, 0.2) is 0 Å². The largest absolute Gasteiger partial charge is 0.326 e. The van der Waals surface area contributed by atoms with Crippen LogP contribution in [0.1, 0.15) is 37.1 Å². The van der Waals surface area contributed by atoms with Crippen LogP contribution in [0.5, 0.6) is 0 Å². The zero-order valence-corrected chi connectivity index (χ0v) is 15.1. The number of amides is 1. The number of anilines is 1. The van der Waals surface area contributed by atoms with Gasteiger partial charge >= 0.3 is 0 Å². The van der Waals surface area contributed by atoms with Gasteiger partial charge in [-0.05, 0) is 68.5 Å². The van der Waals surface area contributed by atoms with Crippen molar-refractivity contribution >= 4 is 11.6 Å². The molecule has 1 aromatic heterocycles. The summed E-state index contributed by atoms with van der Waals surface area (Å²) in [5, 5.41) is 2.89. The summed E-state index contributed by atoms with van der Waals surface area (Å²) in [5.74, 6) is 1.05. The van der Waals surface area contributed by atoms with Gasteiger partial charge in [-0.2, -0.15) is 0 Å². The molecule has 0 saturated carbocycles. The van der Waals surface area contributed by atoms with Crippen LogP contribution in [-0.2, 0) is 11.3 Å². The molecule has 0 bridgehead atoms. The van der Waals surface area contributed by atoms with E-state index in [0.717, 1.165) is 50.3 Å². The number of nitrogens with zero attached hydrogens (tertiary/aromatic N) is 3. The number of likely N-dealkylation sites (tertiary alicyclic amines) is 1. The zero-order valence-electron chi connectivity index (χ0n) is 15.1. The van der Waals surface area contributed by atoms with Gasteiger partial charge in [0.2, 0.25) is 5.91 Å². The Morgan fingerprint density at radius 2 is 2.15 bits per heavy atom. The van der Waals surface area contributed by atoms with Crippen molar-refractivity contribution < 1.29 is 9.18 Å². The number of carbonyl (C=O) groups excluding carboxylic acids is 1. The molecule has 3 rings (SSSR count). The lowest BCUT2D eigenvalue weighted by molar-refractivity contribution is -0.116. The van der Waals surface area contributed by atoms with Crippen molar-refractivity contribution in [2.24, 2.45) is 5.92 Å². The molecule has 1 atom stereocenters. The molecule has 1 fully saturated rings.